The fraction of sp³-hybridized carbons (Fsp3) is 0.500. The van der Waals surface area contributed by atoms with Crippen LogP contribution in [0.2, 0.25) is 0 Å². The normalized spacial score (nSPS) is 26.3. The Labute approximate surface area is 89.0 Å². The molecule has 0 aliphatic carbocycles. The van der Waals surface area contributed by atoms with E-state index in [1.54, 1.807) is 0 Å². The molecule has 1 aromatic rings. The van der Waals surface area contributed by atoms with E-state index in [-0.39, 0.29) is 11.7 Å². The zero-order valence-electron chi connectivity index (χ0n) is 8.52. The lowest BCUT2D eigenvalue weighted by atomic mass is 10.0. The van der Waals surface area contributed by atoms with Crippen molar-refractivity contribution in [2.75, 3.05) is 19.8 Å². The van der Waals surface area contributed by atoms with Crippen LogP contribution in [0.5, 0.6) is 0 Å². The second-order valence-corrected chi connectivity index (χ2v) is 4.16. The van der Waals surface area contributed by atoms with Crippen molar-refractivity contribution in [1.29, 1.82) is 0 Å². The summed E-state index contributed by atoms with van der Waals surface area (Å²) in [6, 6.07) is 10.2. The Hall–Kier alpha value is -0.900. The van der Waals surface area contributed by atoms with Crippen LogP contribution < -0.4 is 0 Å². The van der Waals surface area contributed by atoms with Crippen LogP contribution in [0.3, 0.4) is 0 Å². The Bertz CT molecular complexity index is 332. The molecular formula is C12H14O3. The van der Waals surface area contributed by atoms with Gasteiger partial charge in [0.05, 0.1) is 26.4 Å². The van der Waals surface area contributed by atoms with Gasteiger partial charge in [-0.1, -0.05) is 30.3 Å². The van der Waals surface area contributed by atoms with Crippen LogP contribution in [0, 0.1) is 0 Å². The summed E-state index contributed by atoms with van der Waals surface area (Å²) >= 11 is 0. The SMILES string of the molecule is c1ccc(COCC2OC23COC3)cc1. The van der Waals surface area contributed by atoms with Gasteiger partial charge in [-0.05, 0) is 5.56 Å². The Morgan fingerprint density at radius 1 is 1.27 bits per heavy atom. The molecule has 2 aliphatic heterocycles. The van der Waals surface area contributed by atoms with Crippen molar-refractivity contribution in [3.8, 4) is 0 Å². The van der Waals surface area contributed by atoms with E-state index in [1.165, 1.54) is 5.56 Å². The fourth-order valence-corrected chi connectivity index (χ4v) is 1.85. The van der Waals surface area contributed by atoms with E-state index in [0.717, 1.165) is 13.2 Å². The summed E-state index contributed by atoms with van der Waals surface area (Å²) < 4.78 is 16.2. The summed E-state index contributed by atoms with van der Waals surface area (Å²) in [6.07, 6.45) is 0.259. The van der Waals surface area contributed by atoms with E-state index in [2.05, 4.69) is 12.1 Å². The van der Waals surface area contributed by atoms with Crippen LogP contribution in [-0.4, -0.2) is 31.5 Å². The van der Waals surface area contributed by atoms with Gasteiger partial charge in [-0.2, -0.15) is 0 Å². The molecule has 0 saturated carbocycles. The molecule has 2 saturated heterocycles. The highest BCUT2D eigenvalue weighted by Gasteiger charge is 2.62. The second-order valence-electron chi connectivity index (χ2n) is 4.16. The molecule has 0 bridgehead atoms. The van der Waals surface area contributed by atoms with E-state index >= 15 is 0 Å². The second kappa shape index (κ2) is 3.59. The van der Waals surface area contributed by atoms with Gasteiger partial charge in [-0.25, -0.2) is 0 Å². The van der Waals surface area contributed by atoms with Gasteiger partial charge >= 0.3 is 0 Å². The molecule has 3 rings (SSSR count). The molecule has 2 heterocycles. The van der Waals surface area contributed by atoms with Gasteiger partial charge in [0, 0.05) is 0 Å². The van der Waals surface area contributed by atoms with Crippen molar-refractivity contribution in [2.45, 2.75) is 18.3 Å². The van der Waals surface area contributed by atoms with Crippen LogP contribution in [0.1, 0.15) is 5.56 Å². The van der Waals surface area contributed by atoms with Crippen LogP contribution in [0.15, 0.2) is 30.3 Å². The lowest BCUT2D eigenvalue weighted by molar-refractivity contribution is -0.0545. The predicted molar refractivity (Wildman–Crippen MR) is 54.5 cm³/mol. The first-order valence-corrected chi connectivity index (χ1v) is 5.26. The molecule has 1 atom stereocenters. The van der Waals surface area contributed by atoms with Gasteiger partial charge in [-0.3, -0.25) is 0 Å². The highest BCUT2D eigenvalue weighted by Crippen LogP contribution is 2.42. The van der Waals surface area contributed by atoms with Crippen molar-refractivity contribution >= 4 is 0 Å². The zero-order chi connectivity index (χ0) is 10.1. The molecule has 1 unspecified atom stereocenters. The number of benzene rings is 1. The van der Waals surface area contributed by atoms with Gasteiger partial charge in [0.15, 0.2) is 0 Å². The van der Waals surface area contributed by atoms with Gasteiger partial charge < -0.3 is 14.2 Å². The highest BCUT2D eigenvalue weighted by atomic mass is 16.7. The topological polar surface area (TPSA) is 31.0 Å². The maximum absolute atomic E-state index is 5.59. The van der Waals surface area contributed by atoms with Crippen molar-refractivity contribution in [3.05, 3.63) is 35.9 Å². The quantitative estimate of drug-likeness (QED) is 0.697. The molecule has 3 heteroatoms. The monoisotopic (exact) mass is 206 g/mol. The van der Waals surface area contributed by atoms with Crippen LogP contribution in [0.4, 0.5) is 0 Å². The Kier molecular flexibility index (Phi) is 2.24. The number of hydrogen-bond acceptors (Lipinski definition) is 3. The average molecular weight is 206 g/mol. The Morgan fingerprint density at radius 3 is 2.67 bits per heavy atom. The third-order valence-corrected chi connectivity index (χ3v) is 2.98. The van der Waals surface area contributed by atoms with Crippen molar-refractivity contribution in [2.24, 2.45) is 0 Å². The molecule has 0 radical (unpaired) electrons. The minimum Gasteiger partial charge on any atom is -0.375 e. The smallest absolute Gasteiger partial charge is 0.143 e. The van der Waals surface area contributed by atoms with E-state index in [4.69, 9.17) is 14.2 Å². The van der Waals surface area contributed by atoms with E-state index in [9.17, 15) is 0 Å². The maximum Gasteiger partial charge on any atom is 0.143 e. The zero-order valence-corrected chi connectivity index (χ0v) is 8.52. The highest BCUT2D eigenvalue weighted by molar-refractivity contribution is 5.13. The van der Waals surface area contributed by atoms with Crippen molar-refractivity contribution in [3.63, 3.8) is 0 Å². The first-order valence-electron chi connectivity index (χ1n) is 5.26. The number of epoxide rings is 1. The molecule has 1 spiro atoms. The minimum absolute atomic E-state index is 0.0384. The van der Waals surface area contributed by atoms with Gasteiger partial charge in [-0.15, -0.1) is 0 Å². The van der Waals surface area contributed by atoms with E-state index < -0.39 is 0 Å². The summed E-state index contributed by atoms with van der Waals surface area (Å²) in [6.45, 7) is 2.83. The molecule has 0 N–H and O–H groups in total. The Balaban J connectivity index is 1.41. The standard InChI is InChI=1S/C12H14O3/c1-2-4-10(5-3-1)6-13-7-11-12(15-11)8-14-9-12/h1-5,11H,6-9H2. The first-order chi connectivity index (χ1) is 7.39. The lowest BCUT2D eigenvalue weighted by Crippen LogP contribution is -2.40. The summed E-state index contributed by atoms with van der Waals surface area (Å²) in [5, 5.41) is 0. The molecule has 80 valence electrons. The third-order valence-electron chi connectivity index (χ3n) is 2.98. The number of ether oxygens (including phenoxy) is 3. The van der Waals surface area contributed by atoms with Crippen LogP contribution in [0.25, 0.3) is 0 Å². The van der Waals surface area contributed by atoms with Crippen molar-refractivity contribution < 1.29 is 14.2 Å². The molecule has 3 nitrogen and oxygen atoms in total. The van der Waals surface area contributed by atoms with Gasteiger partial charge in [0.2, 0.25) is 0 Å². The van der Waals surface area contributed by atoms with Gasteiger partial charge in [0.25, 0.3) is 0 Å². The third kappa shape index (κ3) is 1.78. The lowest BCUT2D eigenvalue weighted by Gasteiger charge is -2.22. The maximum atomic E-state index is 5.59. The summed E-state index contributed by atoms with van der Waals surface area (Å²) in [7, 11) is 0. The largest absolute Gasteiger partial charge is 0.375 e. The van der Waals surface area contributed by atoms with E-state index in [0.29, 0.717) is 13.2 Å². The molecule has 15 heavy (non-hydrogen) atoms. The van der Waals surface area contributed by atoms with Crippen LogP contribution >= 0.6 is 0 Å². The summed E-state index contributed by atoms with van der Waals surface area (Å²) in [5.74, 6) is 0. The Morgan fingerprint density at radius 2 is 2.07 bits per heavy atom. The molecule has 0 aromatic heterocycles. The predicted octanol–water partition coefficient (Wildman–Crippen LogP) is 1.37. The van der Waals surface area contributed by atoms with Crippen molar-refractivity contribution in [1.82, 2.24) is 0 Å². The average Bonchev–Trinajstić information content (AvgIpc) is 2.94. The number of hydrogen-bond donors (Lipinski definition) is 0. The fourth-order valence-electron chi connectivity index (χ4n) is 1.85. The van der Waals surface area contributed by atoms with E-state index in [1.807, 2.05) is 18.2 Å². The first kappa shape index (κ1) is 9.33. The molecule has 0 amide bonds. The van der Waals surface area contributed by atoms with Gasteiger partial charge in [0.1, 0.15) is 11.7 Å². The molecule has 2 aliphatic rings. The molecule has 2 fully saturated rings. The summed E-state index contributed by atoms with van der Waals surface area (Å²) in [4.78, 5) is 0. The molecule has 1 aromatic carbocycles. The molecular weight excluding hydrogens is 192 g/mol. The summed E-state index contributed by atoms with van der Waals surface area (Å²) in [5.41, 5.74) is 1.24. The number of rotatable bonds is 4. The van der Waals surface area contributed by atoms with Crippen LogP contribution in [-0.2, 0) is 20.8 Å². The minimum atomic E-state index is 0.0384.